The maximum absolute atomic E-state index is 13.0. The molecule has 1 fully saturated rings. The highest BCUT2D eigenvalue weighted by Gasteiger charge is 2.44. The monoisotopic (exact) mass is 1190 g/mol. The zero-order valence-electron chi connectivity index (χ0n) is 55.4. The molecule has 498 valence electrons. The van der Waals surface area contributed by atoms with Crippen molar-refractivity contribution in [1.82, 2.24) is 5.32 Å². The first-order chi connectivity index (χ1) is 41.2. The van der Waals surface area contributed by atoms with Crippen molar-refractivity contribution in [2.75, 3.05) is 19.8 Å². The minimum atomic E-state index is -1.57. The summed E-state index contributed by atoms with van der Waals surface area (Å²) in [6.45, 7) is 4.37. The Labute approximate surface area is 519 Å². The van der Waals surface area contributed by atoms with Gasteiger partial charge in [-0.05, 0) is 32.1 Å². The number of carbonyl (C=O) groups excluding carboxylic acids is 2. The molecule has 7 atom stereocenters. The van der Waals surface area contributed by atoms with E-state index in [1.54, 1.807) is 6.08 Å². The van der Waals surface area contributed by atoms with Gasteiger partial charge in [0.25, 0.3) is 0 Å². The Morgan fingerprint density at radius 3 is 1.11 bits per heavy atom. The van der Waals surface area contributed by atoms with Gasteiger partial charge in [-0.2, -0.15) is 0 Å². The van der Waals surface area contributed by atoms with Crippen LogP contribution in [0.15, 0.2) is 12.2 Å². The number of allylic oxidation sites excluding steroid dienone is 1. The van der Waals surface area contributed by atoms with Gasteiger partial charge in [0.15, 0.2) is 6.29 Å². The maximum atomic E-state index is 13.0. The van der Waals surface area contributed by atoms with Crippen LogP contribution in [0.3, 0.4) is 0 Å². The minimum absolute atomic E-state index is 0.0171. The predicted octanol–water partition coefficient (Wildman–Crippen LogP) is 19.0. The highest BCUT2D eigenvalue weighted by Crippen LogP contribution is 2.24. The van der Waals surface area contributed by atoms with Gasteiger partial charge < -0.3 is 45.1 Å². The Bertz CT molecular complexity index is 1400. The Kier molecular flexibility index (Phi) is 60.3. The van der Waals surface area contributed by atoms with E-state index in [-0.39, 0.29) is 18.5 Å². The van der Waals surface area contributed by atoms with Crippen LogP contribution < -0.4 is 5.32 Å². The van der Waals surface area contributed by atoms with E-state index in [2.05, 4.69) is 19.2 Å². The summed E-state index contributed by atoms with van der Waals surface area (Å²) in [5.41, 5.74) is 0. The molecule has 0 aromatic heterocycles. The Hall–Kier alpha value is -1.60. The average molecular weight is 1190 g/mol. The smallest absolute Gasteiger partial charge is 0.305 e. The summed E-state index contributed by atoms with van der Waals surface area (Å²) in [5.74, 6) is -0.160. The molecule has 6 N–H and O–H groups in total. The van der Waals surface area contributed by atoms with Crippen LogP contribution in [0.1, 0.15) is 380 Å². The van der Waals surface area contributed by atoms with Crippen LogP contribution in [-0.2, 0) is 23.8 Å². The van der Waals surface area contributed by atoms with Crippen molar-refractivity contribution in [1.29, 1.82) is 0 Å². The maximum Gasteiger partial charge on any atom is 0.305 e. The van der Waals surface area contributed by atoms with E-state index < -0.39 is 49.5 Å². The number of ether oxygens (including phenoxy) is 3. The highest BCUT2D eigenvalue weighted by atomic mass is 16.7. The molecule has 0 aromatic rings. The molecule has 0 aromatic carbocycles. The quantitative estimate of drug-likeness (QED) is 0.0195. The molecule has 1 rings (SSSR count). The van der Waals surface area contributed by atoms with Crippen molar-refractivity contribution in [3.63, 3.8) is 0 Å². The van der Waals surface area contributed by atoms with Crippen LogP contribution in [-0.4, -0.2) is 100 Å². The molecule has 1 saturated heterocycles. The van der Waals surface area contributed by atoms with Crippen LogP contribution in [0.4, 0.5) is 0 Å². The van der Waals surface area contributed by atoms with E-state index in [4.69, 9.17) is 14.2 Å². The molecule has 1 aliphatic heterocycles. The molecule has 0 bridgehead atoms. The van der Waals surface area contributed by atoms with Crippen molar-refractivity contribution in [3.05, 3.63) is 12.2 Å². The van der Waals surface area contributed by atoms with Gasteiger partial charge in [-0.1, -0.05) is 347 Å². The number of amides is 1. The summed E-state index contributed by atoms with van der Waals surface area (Å²) < 4.78 is 16.7. The summed E-state index contributed by atoms with van der Waals surface area (Å²) in [6.07, 6.45) is 68.1. The third-order valence-electron chi connectivity index (χ3n) is 17.9. The first-order valence-electron chi connectivity index (χ1n) is 37.0. The van der Waals surface area contributed by atoms with Crippen molar-refractivity contribution >= 4 is 11.9 Å². The molecular formula is C73H141NO10. The van der Waals surface area contributed by atoms with Crippen LogP contribution >= 0.6 is 0 Å². The Balaban J connectivity index is 1.87. The number of esters is 1. The average Bonchev–Trinajstić information content (AvgIpc) is 3.34. The fourth-order valence-corrected chi connectivity index (χ4v) is 12.1. The second-order valence-electron chi connectivity index (χ2n) is 26.0. The zero-order valence-corrected chi connectivity index (χ0v) is 55.4. The van der Waals surface area contributed by atoms with E-state index in [1.807, 2.05) is 6.08 Å². The number of aliphatic hydroxyl groups excluding tert-OH is 5. The van der Waals surface area contributed by atoms with E-state index in [0.29, 0.717) is 19.4 Å². The summed E-state index contributed by atoms with van der Waals surface area (Å²) in [7, 11) is 0. The Morgan fingerprint density at radius 1 is 0.429 bits per heavy atom. The second-order valence-corrected chi connectivity index (χ2v) is 26.0. The fraction of sp³-hybridized carbons (Fsp3) is 0.945. The minimum Gasteiger partial charge on any atom is -0.466 e. The molecule has 7 unspecified atom stereocenters. The standard InChI is InChI=1S/C73H141NO10/c1-3-5-7-9-11-13-14-15-16-35-38-41-45-49-53-57-61-69(78)82-62-58-54-50-46-42-39-36-33-31-29-27-25-23-21-19-17-18-20-22-24-26-28-30-32-34-37-40-44-48-52-56-60-68(77)74-65(66(76)59-55-51-47-43-12-10-8-6-4-2)64-83-73-72(81)71(80)70(79)67(63-75)84-73/h55,59,65-67,70-73,75-76,79-81H,3-54,56-58,60-64H2,1-2H3,(H,74,77)/b59-55+. The van der Waals surface area contributed by atoms with Crippen LogP contribution in [0.5, 0.6) is 0 Å². The Morgan fingerprint density at radius 2 is 0.750 bits per heavy atom. The van der Waals surface area contributed by atoms with Gasteiger partial charge in [-0.25, -0.2) is 0 Å². The lowest BCUT2D eigenvalue weighted by Crippen LogP contribution is -2.60. The molecule has 1 heterocycles. The summed E-state index contributed by atoms with van der Waals surface area (Å²) >= 11 is 0. The normalized spacial score (nSPS) is 18.0. The first-order valence-corrected chi connectivity index (χ1v) is 37.0. The summed E-state index contributed by atoms with van der Waals surface area (Å²) in [4.78, 5) is 25.1. The van der Waals surface area contributed by atoms with Crippen molar-refractivity contribution in [2.24, 2.45) is 0 Å². The van der Waals surface area contributed by atoms with Crippen LogP contribution in [0.2, 0.25) is 0 Å². The number of hydrogen-bond donors (Lipinski definition) is 6. The third kappa shape index (κ3) is 51.3. The lowest BCUT2D eigenvalue weighted by molar-refractivity contribution is -0.302. The molecule has 0 saturated carbocycles. The van der Waals surface area contributed by atoms with Crippen molar-refractivity contribution in [2.45, 2.75) is 423 Å². The van der Waals surface area contributed by atoms with E-state index in [0.717, 1.165) is 51.4 Å². The second kappa shape index (κ2) is 63.0. The van der Waals surface area contributed by atoms with Gasteiger partial charge in [0.1, 0.15) is 24.4 Å². The molecule has 11 nitrogen and oxygen atoms in total. The number of carbonyl (C=O) groups is 2. The van der Waals surface area contributed by atoms with E-state index in [9.17, 15) is 35.1 Å². The van der Waals surface area contributed by atoms with E-state index in [1.165, 1.54) is 302 Å². The number of hydrogen-bond acceptors (Lipinski definition) is 10. The van der Waals surface area contributed by atoms with Crippen molar-refractivity contribution < 1.29 is 49.3 Å². The third-order valence-corrected chi connectivity index (χ3v) is 17.9. The first kappa shape index (κ1) is 80.4. The number of rotatable bonds is 66. The molecule has 84 heavy (non-hydrogen) atoms. The number of nitrogens with one attached hydrogen (secondary N) is 1. The lowest BCUT2D eigenvalue weighted by atomic mass is 9.99. The van der Waals surface area contributed by atoms with Gasteiger partial charge in [0.2, 0.25) is 5.91 Å². The van der Waals surface area contributed by atoms with Gasteiger partial charge in [0, 0.05) is 12.8 Å². The van der Waals surface area contributed by atoms with Gasteiger partial charge >= 0.3 is 5.97 Å². The molecule has 0 aliphatic carbocycles. The molecule has 0 radical (unpaired) electrons. The molecule has 1 amide bonds. The summed E-state index contributed by atoms with van der Waals surface area (Å²) in [6, 6.07) is -0.804. The lowest BCUT2D eigenvalue weighted by Gasteiger charge is -2.40. The van der Waals surface area contributed by atoms with Gasteiger partial charge in [-0.15, -0.1) is 0 Å². The number of unbranched alkanes of at least 4 members (excludes halogenated alkanes) is 52. The molecule has 11 heteroatoms. The topological polar surface area (TPSA) is 175 Å². The molecule has 1 aliphatic rings. The molecule has 0 spiro atoms. The highest BCUT2D eigenvalue weighted by molar-refractivity contribution is 5.76. The number of aliphatic hydroxyl groups is 5. The largest absolute Gasteiger partial charge is 0.466 e. The SMILES string of the molecule is CCCCCCCCC/C=C/C(O)C(COC1OC(CO)C(O)C(O)C1O)NC(=O)CCCCCCCCCCCCCCCCCCCCCCCCCCCCCCCCCOC(=O)CCCCCCCCCCCCCCCCCC. The summed E-state index contributed by atoms with van der Waals surface area (Å²) in [5, 5.41) is 54.3. The van der Waals surface area contributed by atoms with Crippen LogP contribution in [0, 0.1) is 0 Å². The van der Waals surface area contributed by atoms with Gasteiger partial charge in [-0.3, -0.25) is 9.59 Å². The fourth-order valence-electron chi connectivity index (χ4n) is 12.1. The predicted molar refractivity (Wildman–Crippen MR) is 352 cm³/mol. The molecular weight excluding hydrogens is 1050 g/mol. The van der Waals surface area contributed by atoms with E-state index >= 15 is 0 Å². The zero-order chi connectivity index (χ0) is 60.9. The van der Waals surface area contributed by atoms with Gasteiger partial charge in [0.05, 0.1) is 32.0 Å². The van der Waals surface area contributed by atoms with Crippen molar-refractivity contribution in [3.8, 4) is 0 Å². The van der Waals surface area contributed by atoms with Crippen LogP contribution in [0.25, 0.3) is 0 Å².